The predicted octanol–water partition coefficient (Wildman–Crippen LogP) is 4.16. The Labute approximate surface area is 199 Å². The van der Waals surface area contributed by atoms with Crippen molar-refractivity contribution in [3.05, 3.63) is 36.9 Å². The van der Waals surface area contributed by atoms with E-state index in [0.717, 1.165) is 35.5 Å². The summed E-state index contributed by atoms with van der Waals surface area (Å²) in [5.41, 5.74) is 1.57. The van der Waals surface area contributed by atoms with E-state index in [1.165, 1.54) is 32.3 Å². The van der Waals surface area contributed by atoms with Gasteiger partial charge in [-0.2, -0.15) is 0 Å². The second kappa shape index (κ2) is 11.2. The zero-order valence-corrected chi connectivity index (χ0v) is 19.9. The number of likely N-dealkylation sites (tertiary alicyclic amines) is 1. The van der Waals surface area contributed by atoms with E-state index < -0.39 is 5.97 Å². The smallest absolute Gasteiger partial charge is 0.305 e. The number of benzene rings is 1. The number of carbonyl (C=O) groups is 1. The average Bonchev–Trinajstić information content (AvgIpc) is 3.28. The second-order valence-corrected chi connectivity index (χ2v) is 8.88. The molecule has 0 aliphatic carbocycles. The fourth-order valence-corrected chi connectivity index (χ4v) is 4.21. The van der Waals surface area contributed by atoms with E-state index in [9.17, 15) is 4.79 Å². The van der Waals surface area contributed by atoms with E-state index in [2.05, 4.69) is 27.1 Å². The fourth-order valence-electron chi connectivity index (χ4n) is 4.21. The summed E-state index contributed by atoms with van der Waals surface area (Å²) in [5, 5.41) is 13.0. The normalized spacial score (nSPS) is 14.9. The number of rotatable bonds is 11. The molecule has 9 heteroatoms. The van der Waals surface area contributed by atoms with Crippen molar-refractivity contribution in [2.75, 3.05) is 38.7 Å². The van der Waals surface area contributed by atoms with Gasteiger partial charge in [-0.15, -0.1) is 0 Å². The molecule has 0 radical (unpaired) electrons. The zero-order valence-electron chi connectivity index (χ0n) is 19.9. The Hall–Kier alpha value is -3.33. The highest BCUT2D eigenvalue weighted by atomic mass is 16.5. The molecule has 0 unspecified atom stereocenters. The van der Waals surface area contributed by atoms with Crippen molar-refractivity contribution in [2.45, 2.75) is 39.2 Å². The van der Waals surface area contributed by atoms with Crippen LogP contribution in [0.3, 0.4) is 0 Å². The topological polar surface area (TPSA) is 102 Å². The minimum absolute atomic E-state index is 0.0712. The molecule has 182 valence electrons. The number of hydrogen-bond donors (Lipinski definition) is 2. The number of carboxylic acid groups (broad SMARTS) is 1. The Morgan fingerprint density at radius 3 is 2.79 bits per heavy atom. The molecular weight excluding hydrogens is 434 g/mol. The first-order chi connectivity index (χ1) is 16.5. The Bertz CT molecular complexity index is 1110. The quantitative estimate of drug-likeness (QED) is 0.406. The Morgan fingerprint density at radius 2 is 2.03 bits per heavy atom. The highest BCUT2D eigenvalue weighted by Gasteiger charge is 2.16. The van der Waals surface area contributed by atoms with E-state index in [0.29, 0.717) is 30.5 Å². The fraction of sp³-hybridized carbons (Fsp3) is 0.480. The Kier molecular flexibility index (Phi) is 7.84. The number of fused-ring (bicyclic) bond motifs is 1. The van der Waals surface area contributed by atoms with Crippen LogP contribution in [0, 0.1) is 5.92 Å². The monoisotopic (exact) mass is 467 g/mol. The first-order valence-electron chi connectivity index (χ1n) is 11.8. The van der Waals surface area contributed by atoms with Gasteiger partial charge in [0.2, 0.25) is 0 Å². The van der Waals surface area contributed by atoms with Crippen molar-refractivity contribution in [2.24, 2.45) is 5.92 Å². The number of anilines is 2. The molecule has 1 fully saturated rings. The van der Waals surface area contributed by atoms with Gasteiger partial charge in [-0.1, -0.05) is 6.92 Å². The number of aryl methyl sites for hydroxylation is 1. The lowest BCUT2D eigenvalue weighted by Crippen LogP contribution is -2.34. The van der Waals surface area contributed by atoms with Crippen LogP contribution in [0.15, 0.2) is 36.9 Å². The van der Waals surface area contributed by atoms with Crippen molar-refractivity contribution < 1.29 is 19.4 Å². The lowest BCUT2D eigenvalue weighted by atomic mass is 9.99. The number of nitrogens with zero attached hydrogens (tertiary/aromatic N) is 4. The first-order valence-corrected chi connectivity index (χ1v) is 11.8. The maximum absolute atomic E-state index is 10.8. The number of aliphatic carboxylic acids is 1. The largest absolute Gasteiger partial charge is 0.493 e. The average molecular weight is 468 g/mol. The molecule has 4 rings (SSSR count). The summed E-state index contributed by atoms with van der Waals surface area (Å²) >= 11 is 0. The van der Waals surface area contributed by atoms with Crippen LogP contribution in [0.4, 0.5) is 11.5 Å². The van der Waals surface area contributed by atoms with E-state index in [-0.39, 0.29) is 6.42 Å². The third-order valence-corrected chi connectivity index (χ3v) is 6.27. The minimum Gasteiger partial charge on any atom is -0.493 e. The highest BCUT2D eigenvalue weighted by Crippen LogP contribution is 2.35. The molecule has 3 aromatic rings. The van der Waals surface area contributed by atoms with Crippen LogP contribution in [0.5, 0.6) is 11.5 Å². The van der Waals surface area contributed by atoms with Crippen LogP contribution < -0.4 is 14.8 Å². The van der Waals surface area contributed by atoms with Crippen LogP contribution in [-0.4, -0.2) is 63.9 Å². The van der Waals surface area contributed by atoms with Crippen molar-refractivity contribution in [1.82, 2.24) is 19.4 Å². The Balaban J connectivity index is 1.41. The van der Waals surface area contributed by atoms with Gasteiger partial charge < -0.3 is 29.4 Å². The van der Waals surface area contributed by atoms with E-state index in [4.69, 9.17) is 14.6 Å². The maximum atomic E-state index is 10.8. The lowest BCUT2D eigenvalue weighted by molar-refractivity contribution is -0.137. The number of hydrogen-bond acceptors (Lipinski definition) is 7. The molecule has 1 aliphatic rings. The number of nitrogens with one attached hydrogen (secondary N) is 1. The molecule has 34 heavy (non-hydrogen) atoms. The number of piperidine rings is 1. The van der Waals surface area contributed by atoms with Crippen LogP contribution in [-0.2, 0) is 11.3 Å². The van der Waals surface area contributed by atoms with Gasteiger partial charge >= 0.3 is 5.97 Å². The summed E-state index contributed by atoms with van der Waals surface area (Å²) in [6.45, 7) is 6.76. The standard InChI is InChI=1S/C25H33N5O4/c1-18-4-9-29(10-5-18)8-3-13-34-23-15-21-20(14-22(23)33-2)25(27-17-26-21)28-19-6-11-30(16-19)12-7-24(31)32/h6,11,14-18H,3-5,7-10,12-13H2,1-2H3,(H,31,32)(H,26,27,28). The minimum atomic E-state index is -0.823. The van der Waals surface area contributed by atoms with Crippen LogP contribution in [0.25, 0.3) is 10.9 Å². The maximum Gasteiger partial charge on any atom is 0.305 e. The molecule has 2 N–H and O–H groups in total. The van der Waals surface area contributed by atoms with Gasteiger partial charge in [-0.05, 0) is 50.4 Å². The molecular formula is C25H33N5O4. The van der Waals surface area contributed by atoms with Crippen molar-refractivity contribution >= 4 is 28.4 Å². The van der Waals surface area contributed by atoms with Crippen molar-refractivity contribution in [3.8, 4) is 11.5 Å². The number of aromatic nitrogens is 3. The van der Waals surface area contributed by atoms with Gasteiger partial charge in [-0.3, -0.25) is 4.79 Å². The molecule has 3 heterocycles. The molecule has 0 saturated carbocycles. The second-order valence-electron chi connectivity index (χ2n) is 8.88. The zero-order chi connectivity index (χ0) is 23.9. The van der Waals surface area contributed by atoms with E-state index >= 15 is 0 Å². The van der Waals surface area contributed by atoms with Gasteiger partial charge in [0, 0.05) is 36.9 Å². The highest BCUT2D eigenvalue weighted by molar-refractivity contribution is 5.93. The molecule has 0 amide bonds. The summed E-state index contributed by atoms with van der Waals surface area (Å²) in [4.78, 5) is 22.1. The van der Waals surface area contributed by atoms with Gasteiger partial charge in [0.05, 0.1) is 31.3 Å². The number of carboxylic acids is 1. The van der Waals surface area contributed by atoms with Gasteiger partial charge in [0.25, 0.3) is 0 Å². The Morgan fingerprint density at radius 1 is 1.21 bits per heavy atom. The molecule has 0 bridgehead atoms. The molecule has 1 aromatic carbocycles. The third kappa shape index (κ3) is 6.17. The summed E-state index contributed by atoms with van der Waals surface area (Å²) < 4.78 is 13.5. The molecule has 1 aliphatic heterocycles. The van der Waals surface area contributed by atoms with E-state index in [1.54, 1.807) is 7.11 Å². The molecule has 9 nitrogen and oxygen atoms in total. The predicted molar refractivity (Wildman–Crippen MR) is 131 cm³/mol. The van der Waals surface area contributed by atoms with E-state index in [1.807, 2.05) is 35.2 Å². The van der Waals surface area contributed by atoms with Crippen molar-refractivity contribution in [3.63, 3.8) is 0 Å². The molecule has 2 aromatic heterocycles. The number of methoxy groups -OCH3 is 1. The summed E-state index contributed by atoms with van der Waals surface area (Å²) in [7, 11) is 1.63. The summed E-state index contributed by atoms with van der Waals surface area (Å²) in [6.07, 6.45) is 8.80. The van der Waals surface area contributed by atoms with Gasteiger partial charge in [-0.25, -0.2) is 9.97 Å². The van der Waals surface area contributed by atoms with Crippen LogP contribution in [0.1, 0.15) is 32.6 Å². The summed E-state index contributed by atoms with van der Waals surface area (Å²) in [6, 6.07) is 5.66. The molecule has 0 atom stereocenters. The molecule has 0 spiro atoms. The van der Waals surface area contributed by atoms with Crippen LogP contribution >= 0.6 is 0 Å². The van der Waals surface area contributed by atoms with Gasteiger partial charge in [0.1, 0.15) is 12.1 Å². The summed E-state index contributed by atoms with van der Waals surface area (Å²) in [5.74, 6) is 1.97. The number of ether oxygens (including phenoxy) is 2. The first kappa shape index (κ1) is 23.8. The van der Waals surface area contributed by atoms with Gasteiger partial charge in [0.15, 0.2) is 11.5 Å². The lowest BCUT2D eigenvalue weighted by Gasteiger charge is -2.30. The SMILES string of the molecule is COc1cc2c(Nc3ccn(CCC(=O)O)c3)ncnc2cc1OCCCN1CCC(C)CC1. The van der Waals surface area contributed by atoms with Crippen molar-refractivity contribution in [1.29, 1.82) is 0 Å². The van der Waals surface area contributed by atoms with Crippen LogP contribution in [0.2, 0.25) is 0 Å². The molecule has 1 saturated heterocycles. The third-order valence-electron chi connectivity index (χ3n) is 6.27.